The lowest BCUT2D eigenvalue weighted by molar-refractivity contribution is 0.102. The maximum atomic E-state index is 13.1. The highest BCUT2D eigenvalue weighted by Crippen LogP contribution is 2.14. The van der Waals surface area contributed by atoms with E-state index in [1.54, 1.807) is 6.07 Å². The molecule has 0 aliphatic rings. The van der Waals surface area contributed by atoms with Gasteiger partial charge in [0.15, 0.2) is 0 Å². The monoisotopic (exact) mass is 259 g/mol. The van der Waals surface area contributed by atoms with Crippen LogP contribution in [-0.2, 0) is 0 Å². The van der Waals surface area contributed by atoms with Crippen molar-refractivity contribution in [3.63, 3.8) is 0 Å². The number of rotatable bonds is 2. The minimum Gasteiger partial charge on any atom is -0.321 e. The van der Waals surface area contributed by atoms with Crippen LogP contribution in [0.1, 0.15) is 16.1 Å². The molecule has 19 heavy (non-hydrogen) atoms. The van der Waals surface area contributed by atoms with Crippen LogP contribution >= 0.6 is 0 Å². The van der Waals surface area contributed by atoms with E-state index in [1.807, 2.05) is 0 Å². The normalized spacial score (nSPS) is 9.74. The summed E-state index contributed by atoms with van der Waals surface area (Å²) in [6.45, 7) is 0. The van der Waals surface area contributed by atoms with Gasteiger partial charge in [-0.15, -0.1) is 0 Å². The molecule has 0 aliphatic carbocycles. The number of hydrogen-bond donors (Lipinski definition) is 1. The van der Waals surface area contributed by atoms with Crippen molar-refractivity contribution in [3.05, 3.63) is 59.4 Å². The van der Waals surface area contributed by atoms with Gasteiger partial charge >= 0.3 is 0 Å². The largest absolute Gasteiger partial charge is 0.321 e. The van der Waals surface area contributed by atoms with Crippen molar-refractivity contribution in [1.82, 2.24) is 4.98 Å². The molecule has 0 fully saturated rings. The van der Waals surface area contributed by atoms with Crippen molar-refractivity contribution in [3.8, 4) is 6.07 Å². The molecule has 0 spiro atoms. The quantitative estimate of drug-likeness (QED) is 0.901. The van der Waals surface area contributed by atoms with Crippen LogP contribution < -0.4 is 5.32 Å². The SMILES string of the molecule is N#Cc1cc(NC(=O)c2ccc(F)cn2)ccc1F. The molecule has 2 rings (SSSR count). The third kappa shape index (κ3) is 2.90. The lowest BCUT2D eigenvalue weighted by atomic mass is 10.2. The zero-order valence-electron chi connectivity index (χ0n) is 9.52. The van der Waals surface area contributed by atoms with Gasteiger partial charge in [0.2, 0.25) is 0 Å². The van der Waals surface area contributed by atoms with Crippen LogP contribution in [0.5, 0.6) is 0 Å². The summed E-state index contributed by atoms with van der Waals surface area (Å²) in [4.78, 5) is 15.3. The molecule has 1 amide bonds. The Morgan fingerprint density at radius 2 is 2.05 bits per heavy atom. The molecule has 6 heteroatoms. The molecule has 2 aromatic rings. The molecule has 1 heterocycles. The van der Waals surface area contributed by atoms with E-state index in [0.717, 1.165) is 18.3 Å². The van der Waals surface area contributed by atoms with Crippen molar-refractivity contribution in [1.29, 1.82) is 5.26 Å². The summed E-state index contributed by atoms with van der Waals surface area (Å²) >= 11 is 0. The molecule has 0 radical (unpaired) electrons. The number of benzene rings is 1. The molecule has 0 saturated carbocycles. The van der Waals surface area contributed by atoms with Crippen molar-refractivity contribution in [2.75, 3.05) is 5.32 Å². The number of pyridine rings is 1. The van der Waals surface area contributed by atoms with Crippen LogP contribution in [-0.4, -0.2) is 10.9 Å². The van der Waals surface area contributed by atoms with E-state index in [1.165, 1.54) is 18.2 Å². The zero-order valence-corrected chi connectivity index (χ0v) is 9.52. The summed E-state index contributed by atoms with van der Waals surface area (Å²) in [7, 11) is 0. The van der Waals surface area contributed by atoms with E-state index >= 15 is 0 Å². The first kappa shape index (κ1) is 12.6. The Hall–Kier alpha value is -2.81. The molecule has 1 aromatic carbocycles. The van der Waals surface area contributed by atoms with Crippen LogP contribution in [0.4, 0.5) is 14.5 Å². The second-order valence-corrected chi connectivity index (χ2v) is 3.62. The van der Waals surface area contributed by atoms with Gasteiger partial charge in [-0.25, -0.2) is 13.8 Å². The number of nitrogens with zero attached hydrogens (tertiary/aromatic N) is 2. The average molecular weight is 259 g/mol. The molecule has 0 saturated heterocycles. The number of amides is 1. The number of nitriles is 1. The predicted octanol–water partition coefficient (Wildman–Crippen LogP) is 2.48. The van der Waals surface area contributed by atoms with Crippen LogP contribution in [0, 0.1) is 23.0 Å². The number of halogens is 2. The zero-order chi connectivity index (χ0) is 13.8. The topological polar surface area (TPSA) is 65.8 Å². The van der Waals surface area contributed by atoms with Crippen LogP contribution in [0.2, 0.25) is 0 Å². The van der Waals surface area contributed by atoms with Crippen LogP contribution in [0.15, 0.2) is 36.5 Å². The molecule has 94 valence electrons. The Balaban J connectivity index is 2.20. The maximum Gasteiger partial charge on any atom is 0.274 e. The molecule has 0 unspecified atom stereocenters. The van der Waals surface area contributed by atoms with E-state index in [0.29, 0.717) is 0 Å². The van der Waals surface area contributed by atoms with Gasteiger partial charge in [-0.05, 0) is 30.3 Å². The summed E-state index contributed by atoms with van der Waals surface area (Å²) in [5.74, 6) is -1.79. The minimum absolute atomic E-state index is 0.0178. The van der Waals surface area contributed by atoms with Gasteiger partial charge in [0, 0.05) is 5.69 Å². The summed E-state index contributed by atoms with van der Waals surface area (Å²) < 4.78 is 25.7. The van der Waals surface area contributed by atoms with Crippen molar-refractivity contribution < 1.29 is 13.6 Å². The van der Waals surface area contributed by atoms with Crippen LogP contribution in [0.3, 0.4) is 0 Å². The first-order valence-electron chi connectivity index (χ1n) is 5.22. The predicted molar refractivity (Wildman–Crippen MR) is 63.3 cm³/mol. The smallest absolute Gasteiger partial charge is 0.274 e. The number of aromatic nitrogens is 1. The second kappa shape index (κ2) is 5.23. The number of anilines is 1. The molecular weight excluding hydrogens is 252 g/mol. The molecule has 4 nitrogen and oxygen atoms in total. The molecule has 0 bridgehead atoms. The van der Waals surface area contributed by atoms with Crippen LogP contribution in [0.25, 0.3) is 0 Å². The van der Waals surface area contributed by atoms with Crippen molar-refractivity contribution >= 4 is 11.6 Å². The Kier molecular flexibility index (Phi) is 3.48. The first-order chi connectivity index (χ1) is 9.10. The van der Waals surface area contributed by atoms with Gasteiger partial charge in [-0.1, -0.05) is 0 Å². The van der Waals surface area contributed by atoms with Gasteiger partial charge in [-0.3, -0.25) is 4.79 Å². The molecule has 0 aliphatic heterocycles. The van der Waals surface area contributed by atoms with E-state index < -0.39 is 17.5 Å². The Bertz CT molecular complexity index is 663. The number of nitrogens with one attached hydrogen (secondary N) is 1. The molecule has 0 atom stereocenters. The Labute approximate surface area is 107 Å². The molecular formula is C13H7F2N3O. The van der Waals surface area contributed by atoms with E-state index in [2.05, 4.69) is 10.3 Å². The van der Waals surface area contributed by atoms with E-state index in [4.69, 9.17) is 5.26 Å². The third-order valence-corrected chi connectivity index (χ3v) is 2.30. The van der Waals surface area contributed by atoms with E-state index in [9.17, 15) is 13.6 Å². The summed E-state index contributed by atoms with van der Waals surface area (Å²) in [5, 5.41) is 11.1. The third-order valence-electron chi connectivity index (χ3n) is 2.30. The fourth-order valence-corrected chi connectivity index (χ4v) is 1.39. The van der Waals surface area contributed by atoms with Gasteiger partial charge in [0.05, 0.1) is 11.8 Å². The highest BCUT2D eigenvalue weighted by Gasteiger charge is 2.09. The Morgan fingerprint density at radius 1 is 1.26 bits per heavy atom. The highest BCUT2D eigenvalue weighted by atomic mass is 19.1. The lowest BCUT2D eigenvalue weighted by Crippen LogP contribution is -2.13. The molecule has 1 aromatic heterocycles. The lowest BCUT2D eigenvalue weighted by Gasteiger charge is -2.05. The number of hydrogen-bond acceptors (Lipinski definition) is 3. The second-order valence-electron chi connectivity index (χ2n) is 3.62. The van der Waals surface area contributed by atoms with Gasteiger partial charge in [0.1, 0.15) is 23.4 Å². The number of carbonyl (C=O) groups is 1. The van der Waals surface area contributed by atoms with Gasteiger partial charge in [-0.2, -0.15) is 5.26 Å². The summed E-state index contributed by atoms with van der Waals surface area (Å²) in [6.07, 6.45) is 0.917. The first-order valence-corrected chi connectivity index (χ1v) is 5.22. The number of carbonyl (C=O) groups excluding carboxylic acids is 1. The fraction of sp³-hybridized carbons (Fsp3) is 0. The van der Waals surface area contributed by atoms with Crippen molar-refractivity contribution in [2.45, 2.75) is 0 Å². The fourth-order valence-electron chi connectivity index (χ4n) is 1.39. The molecule has 1 N–H and O–H groups in total. The van der Waals surface area contributed by atoms with Gasteiger partial charge < -0.3 is 5.32 Å². The summed E-state index contributed by atoms with van der Waals surface area (Å²) in [6, 6.07) is 7.59. The van der Waals surface area contributed by atoms with E-state index in [-0.39, 0.29) is 16.9 Å². The van der Waals surface area contributed by atoms with Crippen molar-refractivity contribution in [2.24, 2.45) is 0 Å². The summed E-state index contributed by atoms with van der Waals surface area (Å²) in [5.41, 5.74) is 0.100. The maximum absolute atomic E-state index is 13.1. The minimum atomic E-state index is -0.666. The average Bonchev–Trinajstić information content (AvgIpc) is 2.41. The standard InChI is InChI=1S/C13H7F2N3O/c14-9-1-4-12(17-7-9)13(19)18-10-2-3-11(15)8(5-10)6-16/h1-5,7H,(H,18,19). The Morgan fingerprint density at radius 3 is 2.68 bits per heavy atom. The highest BCUT2D eigenvalue weighted by molar-refractivity contribution is 6.02. The van der Waals surface area contributed by atoms with Gasteiger partial charge in [0.25, 0.3) is 5.91 Å².